The summed E-state index contributed by atoms with van der Waals surface area (Å²) in [7, 11) is 0. The van der Waals surface area contributed by atoms with Gasteiger partial charge in [-0.25, -0.2) is 0 Å². The second kappa shape index (κ2) is 7.86. The zero-order valence-electron chi connectivity index (χ0n) is 16.0. The van der Waals surface area contributed by atoms with E-state index in [-0.39, 0.29) is 17.2 Å². The molecule has 2 aromatic rings. The molecule has 0 aliphatic carbocycles. The largest absolute Gasteiger partial charge is 0.507 e. The number of benzene rings is 1. The number of nitrogens with one attached hydrogen (secondary N) is 1. The van der Waals surface area contributed by atoms with Crippen LogP contribution in [-0.4, -0.2) is 22.7 Å². The number of phenolic OH excluding ortho intramolecular Hbond substituents is 1. The Morgan fingerprint density at radius 1 is 1.19 bits per heavy atom. The molecule has 0 spiro atoms. The minimum Gasteiger partial charge on any atom is -0.507 e. The molecule has 27 heavy (non-hydrogen) atoms. The van der Waals surface area contributed by atoms with E-state index in [1.807, 2.05) is 33.8 Å². The molecule has 0 aliphatic heterocycles. The number of halogens is 3. The van der Waals surface area contributed by atoms with Crippen LogP contribution in [0.25, 0.3) is 11.1 Å². The Bertz CT molecular complexity index is 781. The lowest BCUT2D eigenvalue weighted by molar-refractivity contribution is -0.141. The molecule has 148 valence electrons. The molecule has 1 atom stereocenters. The van der Waals surface area contributed by atoms with Crippen LogP contribution in [-0.2, 0) is 18.1 Å². The molecular formula is C20H26F3N3O. The third-order valence-electron chi connectivity index (χ3n) is 4.41. The van der Waals surface area contributed by atoms with Crippen molar-refractivity contribution in [3.05, 3.63) is 47.3 Å². The Balaban J connectivity index is 2.51. The van der Waals surface area contributed by atoms with E-state index in [1.165, 1.54) is 6.07 Å². The van der Waals surface area contributed by atoms with Gasteiger partial charge in [-0.05, 0) is 30.0 Å². The fourth-order valence-corrected chi connectivity index (χ4v) is 2.57. The Hall–Kier alpha value is -2.12. The molecule has 0 amide bonds. The van der Waals surface area contributed by atoms with Crippen molar-refractivity contribution >= 4 is 0 Å². The van der Waals surface area contributed by atoms with Gasteiger partial charge in [0.25, 0.3) is 0 Å². The van der Waals surface area contributed by atoms with Crippen LogP contribution < -0.4 is 11.1 Å². The minimum atomic E-state index is -4.50. The molecule has 0 radical (unpaired) electrons. The molecular weight excluding hydrogens is 355 g/mol. The van der Waals surface area contributed by atoms with Crippen molar-refractivity contribution in [2.45, 2.75) is 51.9 Å². The minimum absolute atomic E-state index is 0.0290. The molecule has 0 saturated carbocycles. The Kier molecular flexibility index (Phi) is 6.17. The molecule has 0 bridgehead atoms. The summed E-state index contributed by atoms with van der Waals surface area (Å²) in [6.45, 7) is 8.89. The van der Waals surface area contributed by atoms with Gasteiger partial charge >= 0.3 is 6.18 Å². The van der Waals surface area contributed by atoms with Crippen molar-refractivity contribution < 1.29 is 18.3 Å². The highest BCUT2D eigenvalue weighted by Gasteiger charge is 2.32. The van der Waals surface area contributed by atoms with Crippen molar-refractivity contribution in [3.8, 4) is 16.9 Å². The van der Waals surface area contributed by atoms with Gasteiger partial charge < -0.3 is 16.2 Å². The molecule has 1 aromatic heterocycles. The van der Waals surface area contributed by atoms with Crippen LogP contribution in [0.4, 0.5) is 13.2 Å². The summed E-state index contributed by atoms with van der Waals surface area (Å²) in [4.78, 5) is 3.51. The smallest absolute Gasteiger partial charge is 0.433 e. The second-order valence-corrected chi connectivity index (χ2v) is 7.73. The Morgan fingerprint density at radius 3 is 2.33 bits per heavy atom. The van der Waals surface area contributed by atoms with E-state index in [2.05, 4.69) is 10.3 Å². The molecule has 1 heterocycles. The Morgan fingerprint density at radius 2 is 1.85 bits per heavy atom. The van der Waals surface area contributed by atoms with Gasteiger partial charge in [0.1, 0.15) is 11.4 Å². The summed E-state index contributed by atoms with van der Waals surface area (Å²) in [5.41, 5.74) is 6.98. The molecule has 1 aromatic carbocycles. The van der Waals surface area contributed by atoms with E-state index in [9.17, 15) is 18.3 Å². The lowest BCUT2D eigenvalue weighted by atomic mass is 9.83. The number of pyridine rings is 1. The predicted molar refractivity (Wildman–Crippen MR) is 100 cm³/mol. The van der Waals surface area contributed by atoms with Crippen LogP contribution in [0.5, 0.6) is 5.75 Å². The summed E-state index contributed by atoms with van der Waals surface area (Å²) in [6.07, 6.45) is -3.36. The van der Waals surface area contributed by atoms with Crippen LogP contribution in [0.15, 0.2) is 30.5 Å². The lowest BCUT2D eigenvalue weighted by Crippen LogP contribution is -2.32. The standard InChI is InChI=1S/C20H26F3N3O/c1-12(9-24)25-11-14-7-15(19(2,3)4)8-16(18(14)27)13-5-6-17(26-10-13)20(21,22)23/h5-8,10,12,25,27H,9,11,24H2,1-4H3. The number of nitrogens with zero attached hydrogens (tertiary/aromatic N) is 1. The summed E-state index contributed by atoms with van der Waals surface area (Å²) >= 11 is 0. The first kappa shape index (κ1) is 21.2. The maximum Gasteiger partial charge on any atom is 0.433 e. The molecule has 2 rings (SSSR count). The van der Waals surface area contributed by atoms with Crippen molar-refractivity contribution in [2.75, 3.05) is 6.54 Å². The van der Waals surface area contributed by atoms with Gasteiger partial charge in [0, 0.05) is 42.0 Å². The van der Waals surface area contributed by atoms with Gasteiger partial charge in [0.2, 0.25) is 0 Å². The van der Waals surface area contributed by atoms with E-state index in [0.29, 0.717) is 29.8 Å². The van der Waals surface area contributed by atoms with Gasteiger partial charge in [-0.3, -0.25) is 4.98 Å². The summed E-state index contributed by atoms with van der Waals surface area (Å²) in [5.74, 6) is 0.0290. The SMILES string of the molecule is CC(CN)NCc1cc(C(C)(C)C)cc(-c2ccc(C(F)(F)F)nc2)c1O. The fourth-order valence-electron chi connectivity index (χ4n) is 2.57. The molecule has 7 heteroatoms. The van der Waals surface area contributed by atoms with Crippen molar-refractivity contribution in [1.29, 1.82) is 0 Å². The molecule has 4 nitrogen and oxygen atoms in total. The van der Waals surface area contributed by atoms with E-state index in [1.54, 1.807) is 6.07 Å². The molecule has 0 fully saturated rings. The van der Waals surface area contributed by atoms with E-state index in [4.69, 9.17) is 5.73 Å². The van der Waals surface area contributed by atoms with E-state index < -0.39 is 11.9 Å². The summed E-state index contributed by atoms with van der Waals surface area (Å²) < 4.78 is 38.3. The fraction of sp³-hybridized carbons (Fsp3) is 0.450. The van der Waals surface area contributed by atoms with E-state index >= 15 is 0 Å². The number of phenols is 1. The van der Waals surface area contributed by atoms with Gasteiger partial charge in [0.15, 0.2) is 0 Å². The average molecular weight is 381 g/mol. The Labute approximate surface area is 157 Å². The number of nitrogens with two attached hydrogens (primary N) is 1. The molecule has 4 N–H and O–H groups in total. The van der Waals surface area contributed by atoms with Crippen molar-refractivity contribution in [2.24, 2.45) is 5.73 Å². The molecule has 0 aliphatic rings. The number of hydrogen-bond acceptors (Lipinski definition) is 4. The quantitative estimate of drug-likeness (QED) is 0.726. The number of hydrogen-bond donors (Lipinski definition) is 3. The highest BCUT2D eigenvalue weighted by Crippen LogP contribution is 2.38. The number of alkyl halides is 3. The van der Waals surface area contributed by atoms with Crippen LogP contribution in [0.3, 0.4) is 0 Å². The van der Waals surface area contributed by atoms with Crippen LogP contribution in [0.1, 0.15) is 44.5 Å². The number of rotatable bonds is 5. The van der Waals surface area contributed by atoms with Gasteiger partial charge in [-0.1, -0.05) is 32.9 Å². The van der Waals surface area contributed by atoms with Crippen LogP contribution >= 0.6 is 0 Å². The lowest BCUT2D eigenvalue weighted by Gasteiger charge is -2.23. The van der Waals surface area contributed by atoms with Gasteiger partial charge in [-0.15, -0.1) is 0 Å². The summed E-state index contributed by atoms with van der Waals surface area (Å²) in [6, 6.07) is 6.03. The van der Waals surface area contributed by atoms with Gasteiger partial charge in [-0.2, -0.15) is 13.2 Å². The highest BCUT2D eigenvalue weighted by molar-refractivity contribution is 5.72. The molecule has 0 saturated heterocycles. The number of aromatic hydroxyl groups is 1. The average Bonchev–Trinajstić information content (AvgIpc) is 2.59. The first-order valence-corrected chi connectivity index (χ1v) is 8.77. The number of aromatic nitrogens is 1. The maximum atomic E-state index is 12.8. The molecule has 1 unspecified atom stereocenters. The zero-order valence-corrected chi connectivity index (χ0v) is 16.0. The second-order valence-electron chi connectivity index (χ2n) is 7.73. The highest BCUT2D eigenvalue weighted by atomic mass is 19.4. The van der Waals surface area contributed by atoms with E-state index in [0.717, 1.165) is 17.8 Å². The van der Waals surface area contributed by atoms with Crippen molar-refractivity contribution in [3.63, 3.8) is 0 Å². The predicted octanol–water partition coefficient (Wildman–Crippen LogP) is 4.21. The topological polar surface area (TPSA) is 71.2 Å². The normalized spacial score (nSPS) is 13.6. The third-order valence-corrected chi connectivity index (χ3v) is 4.41. The van der Waals surface area contributed by atoms with Crippen LogP contribution in [0, 0.1) is 0 Å². The monoisotopic (exact) mass is 381 g/mol. The third kappa shape index (κ3) is 5.20. The summed E-state index contributed by atoms with van der Waals surface area (Å²) in [5, 5.41) is 14.0. The maximum absolute atomic E-state index is 12.8. The first-order chi connectivity index (χ1) is 12.4. The first-order valence-electron chi connectivity index (χ1n) is 8.77. The zero-order chi connectivity index (χ0) is 20.4. The van der Waals surface area contributed by atoms with Crippen LogP contribution in [0.2, 0.25) is 0 Å². The van der Waals surface area contributed by atoms with Gasteiger partial charge in [0.05, 0.1) is 0 Å². The van der Waals surface area contributed by atoms with Crippen molar-refractivity contribution in [1.82, 2.24) is 10.3 Å².